The standard InChI is InChI=1S/C10H14N2O6/c1-4-2-12(10(17)11-8(4)16)9-7(15)6(14)5(3-13)18-9/h2,5-7,9,13-15H,3H2,1H3,(H,11,16,17)/t5-,6?,7?,9?/m1/s1. The predicted molar refractivity (Wildman–Crippen MR) is 59.1 cm³/mol. The SMILES string of the molecule is Cc1cn(C2O[C@H](CO)C(O)C2O)c(=O)[nH]c1=O. The number of ether oxygens (including phenoxy) is 1. The van der Waals surface area contributed by atoms with Crippen LogP contribution >= 0.6 is 0 Å². The molecule has 4 N–H and O–H groups in total. The van der Waals surface area contributed by atoms with Crippen LogP contribution in [0.1, 0.15) is 11.8 Å². The average molecular weight is 258 g/mol. The first-order chi connectivity index (χ1) is 8.45. The summed E-state index contributed by atoms with van der Waals surface area (Å²) in [4.78, 5) is 24.9. The Balaban J connectivity index is 2.42. The third kappa shape index (κ3) is 1.99. The number of rotatable bonds is 2. The van der Waals surface area contributed by atoms with Gasteiger partial charge < -0.3 is 20.1 Å². The molecule has 0 radical (unpaired) electrons. The molecule has 1 aromatic rings. The van der Waals surface area contributed by atoms with Crippen molar-refractivity contribution < 1.29 is 20.1 Å². The van der Waals surface area contributed by atoms with Crippen LogP contribution in [0.3, 0.4) is 0 Å². The molecule has 2 rings (SSSR count). The topological polar surface area (TPSA) is 125 Å². The van der Waals surface area contributed by atoms with Crippen molar-refractivity contribution in [1.82, 2.24) is 9.55 Å². The van der Waals surface area contributed by atoms with E-state index in [1.807, 2.05) is 0 Å². The first-order valence-corrected chi connectivity index (χ1v) is 5.40. The molecule has 8 nitrogen and oxygen atoms in total. The zero-order chi connectivity index (χ0) is 13.4. The first-order valence-electron chi connectivity index (χ1n) is 5.40. The van der Waals surface area contributed by atoms with Crippen LogP contribution in [0.4, 0.5) is 0 Å². The van der Waals surface area contributed by atoms with E-state index >= 15 is 0 Å². The van der Waals surface area contributed by atoms with Crippen molar-refractivity contribution in [1.29, 1.82) is 0 Å². The van der Waals surface area contributed by atoms with Crippen molar-refractivity contribution >= 4 is 0 Å². The molecule has 1 fully saturated rings. The fraction of sp³-hybridized carbons (Fsp3) is 0.600. The lowest BCUT2D eigenvalue weighted by molar-refractivity contribution is -0.0551. The second-order valence-electron chi connectivity index (χ2n) is 4.21. The van der Waals surface area contributed by atoms with E-state index in [-0.39, 0.29) is 5.56 Å². The van der Waals surface area contributed by atoms with Gasteiger partial charge in [-0.15, -0.1) is 0 Å². The molecule has 0 bridgehead atoms. The van der Waals surface area contributed by atoms with Gasteiger partial charge in [-0.2, -0.15) is 0 Å². The summed E-state index contributed by atoms with van der Waals surface area (Å²) in [7, 11) is 0. The summed E-state index contributed by atoms with van der Waals surface area (Å²) in [5.41, 5.74) is -1.00. The second-order valence-corrected chi connectivity index (χ2v) is 4.21. The van der Waals surface area contributed by atoms with Crippen molar-refractivity contribution in [3.05, 3.63) is 32.6 Å². The fourth-order valence-electron chi connectivity index (χ4n) is 1.88. The number of aliphatic hydroxyl groups is 3. The summed E-state index contributed by atoms with van der Waals surface area (Å²) in [6, 6.07) is 0. The normalized spacial score (nSPS) is 31.8. The Morgan fingerprint density at radius 1 is 1.39 bits per heavy atom. The monoisotopic (exact) mass is 258 g/mol. The molecule has 0 aliphatic carbocycles. The minimum Gasteiger partial charge on any atom is -0.394 e. The summed E-state index contributed by atoms with van der Waals surface area (Å²) in [6.07, 6.45) is -3.52. The zero-order valence-electron chi connectivity index (χ0n) is 9.61. The van der Waals surface area contributed by atoms with Gasteiger partial charge in [0.2, 0.25) is 0 Å². The molecule has 3 unspecified atom stereocenters. The summed E-state index contributed by atoms with van der Waals surface area (Å²) >= 11 is 0. The second kappa shape index (κ2) is 4.65. The van der Waals surface area contributed by atoms with E-state index in [2.05, 4.69) is 4.98 Å². The van der Waals surface area contributed by atoms with Crippen molar-refractivity contribution in [3.63, 3.8) is 0 Å². The van der Waals surface area contributed by atoms with Gasteiger partial charge in [0.1, 0.15) is 18.3 Å². The first kappa shape index (κ1) is 13.0. The maximum atomic E-state index is 11.6. The fourth-order valence-corrected chi connectivity index (χ4v) is 1.88. The number of aryl methyl sites for hydroxylation is 1. The molecule has 1 saturated heterocycles. The Bertz CT molecular complexity index is 550. The van der Waals surface area contributed by atoms with Gasteiger partial charge in [-0.25, -0.2) is 4.79 Å². The van der Waals surface area contributed by atoms with Crippen molar-refractivity contribution in [2.24, 2.45) is 0 Å². The van der Waals surface area contributed by atoms with Gasteiger partial charge in [0, 0.05) is 11.8 Å². The highest BCUT2D eigenvalue weighted by Gasteiger charge is 2.43. The Morgan fingerprint density at radius 2 is 2.06 bits per heavy atom. The summed E-state index contributed by atoms with van der Waals surface area (Å²) < 4.78 is 6.17. The third-order valence-electron chi connectivity index (χ3n) is 2.94. The highest BCUT2D eigenvalue weighted by Crippen LogP contribution is 2.27. The maximum absolute atomic E-state index is 11.6. The van der Waals surface area contributed by atoms with Crippen LogP contribution in [0.15, 0.2) is 15.8 Å². The van der Waals surface area contributed by atoms with Gasteiger partial charge in [-0.3, -0.25) is 14.3 Å². The van der Waals surface area contributed by atoms with E-state index < -0.39 is 42.4 Å². The van der Waals surface area contributed by atoms with E-state index in [0.29, 0.717) is 0 Å². The Kier molecular flexibility index (Phi) is 3.35. The lowest BCUT2D eigenvalue weighted by atomic mass is 10.1. The minimum absolute atomic E-state index is 0.271. The van der Waals surface area contributed by atoms with Crippen LogP contribution < -0.4 is 11.2 Å². The Morgan fingerprint density at radius 3 is 2.61 bits per heavy atom. The Hall–Kier alpha value is -1.48. The van der Waals surface area contributed by atoms with Crippen LogP contribution in [0.5, 0.6) is 0 Å². The number of H-pyrrole nitrogens is 1. The predicted octanol–water partition coefficient (Wildman–Crippen LogP) is -2.54. The van der Waals surface area contributed by atoms with Crippen molar-refractivity contribution in [3.8, 4) is 0 Å². The van der Waals surface area contributed by atoms with Gasteiger partial charge in [-0.05, 0) is 6.92 Å². The number of nitrogens with one attached hydrogen (secondary N) is 1. The van der Waals surface area contributed by atoms with Gasteiger partial charge >= 0.3 is 5.69 Å². The number of nitrogens with zero attached hydrogens (tertiary/aromatic N) is 1. The van der Waals surface area contributed by atoms with Crippen molar-refractivity contribution in [2.45, 2.75) is 31.5 Å². The highest BCUT2D eigenvalue weighted by atomic mass is 16.6. The van der Waals surface area contributed by atoms with E-state index in [4.69, 9.17) is 9.84 Å². The average Bonchev–Trinajstić information content (AvgIpc) is 2.61. The van der Waals surface area contributed by atoms with Gasteiger partial charge in [0.25, 0.3) is 5.56 Å². The van der Waals surface area contributed by atoms with Gasteiger partial charge in [0.15, 0.2) is 6.23 Å². The van der Waals surface area contributed by atoms with Crippen molar-refractivity contribution in [2.75, 3.05) is 6.61 Å². The molecule has 18 heavy (non-hydrogen) atoms. The number of aliphatic hydroxyl groups excluding tert-OH is 3. The molecule has 1 aromatic heterocycles. The highest BCUT2D eigenvalue weighted by molar-refractivity contribution is 5.03. The Labute approximate surface area is 101 Å². The molecular weight excluding hydrogens is 244 g/mol. The molecule has 1 aliphatic rings. The summed E-state index contributed by atoms with van der Waals surface area (Å²) in [5.74, 6) is 0. The largest absolute Gasteiger partial charge is 0.394 e. The van der Waals surface area contributed by atoms with Crippen LogP contribution in [-0.4, -0.2) is 49.8 Å². The lowest BCUT2D eigenvalue weighted by Gasteiger charge is -2.17. The molecule has 0 spiro atoms. The number of aromatic amines is 1. The molecule has 0 saturated carbocycles. The smallest absolute Gasteiger partial charge is 0.330 e. The number of hydrogen-bond donors (Lipinski definition) is 4. The van der Waals surface area contributed by atoms with E-state index in [1.54, 1.807) is 0 Å². The molecule has 4 atom stereocenters. The van der Waals surface area contributed by atoms with Crippen LogP contribution in [0, 0.1) is 6.92 Å². The molecular formula is C10H14N2O6. The number of hydrogen-bond acceptors (Lipinski definition) is 6. The summed E-state index contributed by atoms with van der Waals surface area (Å²) in [5, 5.41) is 28.3. The quantitative estimate of drug-likeness (QED) is 0.463. The molecule has 1 aliphatic heterocycles. The molecule has 8 heteroatoms. The zero-order valence-corrected chi connectivity index (χ0v) is 9.61. The minimum atomic E-state index is -1.36. The molecule has 0 amide bonds. The molecule has 0 aromatic carbocycles. The van der Waals surface area contributed by atoms with E-state index in [0.717, 1.165) is 4.57 Å². The van der Waals surface area contributed by atoms with Gasteiger partial charge in [0.05, 0.1) is 6.61 Å². The third-order valence-corrected chi connectivity index (χ3v) is 2.94. The molecule has 2 heterocycles. The summed E-state index contributed by atoms with van der Waals surface area (Å²) in [6.45, 7) is 1.02. The van der Waals surface area contributed by atoms with Crippen LogP contribution in [0.2, 0.25) is 0 Å². The maximum Gasteiger partial charge on any atom is 0.330 e. The lowest BCUT2D eigenvalue weighted by Crippen LogP contribution is -2.38. The van der Waals surface area contributed by atoms with Crippen LogP contribution in [0.25, 0.3) is 0 Å². The number of aromatic nitrogens is 2. The molecule has 100 valence electrons. The van der Waals surface area contributed by atoms with Gasteiger partial charge in [-0.1, -0.05) is 0 Å². The van der Waals surface area contributed by atoms with E-state index in [9.17, 15) is 19.8 Å². The van der Waals surface area contributed by atoms with E-state index in [1.165, 1.54) is 13.1 Å². The van der Waals surface area contributed by atoms with Crippen LogP contribution in [-0.2, 0) is 4.74 Å².